The molecule has 82 heavy (non-hydrogen) atoms. The normalized spacial score (nSPS) is 13.1. The Balaban J connectivity index is 0.971. The Hall–Kier alpha value is -8.86. The molecule has 0 bridgehead atoms. The number of benzene rings is 11. The first-order valence-electron chi connectivity index (χ1n) is 29.2. The first-order valence-corrected chi connectivity index (χ1v) is 29.2. The van der Waals surface area contributed by atoms with E-state index in [1.54, 1.807) is 0 Å². The maximum absolute atomic E-state index is 7.41. The van der Waals surface area contributed by atoms with Crippen LogP contribution in [0.15, 0.2) is 203 Å². The topological polar surface area (TPSA) is 36.1 Å². The molecule has 0 fully saturated rings. The lowest BCUT2D eigenvalue weighted by Gasteiger charge is -2.19. The van der Waals surface area contributed by atoms with Crippen LogP contribution >= 0.6 is 0 Å². The maximum Gasteiger partial charge on any atom is 0.144 e. The summed E-state index contributed by atoms with van der Waals surface area (Å²) in [5, 5.41) is 13.9. The van der Waals surface area contributed by atoms with Crippen molar-refractivity contribution in [2.45, 2.75) is 105 Å². The fourth-order valence-electron chi connectivity index (χ4n) is 13.2. The van der Waals surface area contributed by atoms with Gasteiger partial charge in [-0.2, -0.15) is 0 Å². The van der Waals surface area contributed by atoms with Gasteiger partial charge in [-0.15, -0.1) is 0 Å². The predicted octanol–water partition coefficient (Wildman–Crippen LogP) is 22.5. The summed E-state index contributed by atoms with van der Waals surface area (Å²) in [6.45, 7) is 27.6. The summed E-state index contributed by atoms with van der Waals surface area (Å²) in [6.07, 6.45) is 0. The van der Waals surface area contributed by atoms with Crippen molar-refractivity contribution in [2.24, 2.45) is 0 Å². The van der Waals surface area contributed by atoms with Crippen LogP contribution in [0, 0.1) is 0 Å². The molecule has 0 aliphatic rings. The van der Waals surface area contributed by atoms with Gasteiger partial charge in [-0.1, -0.05) is 180 Å². The number of hydrogen-bond acceptors (Lipinski definition) is 2. The molecule has 0 saturated carbocycles. The number of fused-ring (bicyclic) bond motifs is 15. The monoisotopic (exact) mass is 1060 g/mol. The molecular weight excluding hydrogens is 997 g/mol. The van der Waals surface area contributed by atoms with Crippen molar-refractivity contribution in [1.82, 2.24) is 9.13 Å². The lowest BCUT2D eigenvalue weighted by molar-refractivity contribution is 0.590. The summed E-state index contributed by atoms with van der Waals surface area (Å²) in [6, 6.07) is 72.8. The number of furan rings is 2. The minimum atomic E-state index is 0.0175. The van der Waals surface area contributed by atoms with Crippen LogP contribution in [0.1, 0.15) is 105 Å². The van der Waals surface area contributed by atoms with E-state index in [9.17, 15) is 0 Å². The van der Waals surface area contributed by atoms with Gasteiger partial charge in [0.15, 0.2) is 0 Å². The van der Waals surface area contributed by atoms with Crippen LogP contribution < -0.4 is 0 Å². The van der Waals surface area contributed by atoms with Gasteiger partial charge in [0.2, 0.25) is 0 Å². The predicted molar refractivity (Wildman–Crippen MR) is 350 cm³/mol. The molecule has 15 rings (SSSR count). The van der Waals surface area contributed by atoms with E-state index in [4.69, 9.17) is 8.83 Å². The second-order valence-electron chi connectivity index (χ2n) is 27.5. The highest BCUT2D eigenvalue weighted by Crippen LogP contribution is 2.52. The molecule has 4 nitrogen and oxygen atoms in total. The lowest BCUT2D eigenvalue weighted by Crippen LogP contribution is -2.10. The minimum Gasteiger partial charge on any atom is -0.455 e. The van der Waals surface area contributed by atoms with Crippen LogP contribution in [0.25, 0.3) is 143 Å². The Morgan fingerprint density at radius 1 is 0.280 bits per heavy atom. The van der Waals surface area contributed by atoms with Gasteiger partial charge in [0.25, 0.3) is 0 Å². The lowest BCUT2D eigenvalue weighted by atomic mass is 9.85. The zero-order valence-electron chi connectivity index (χ0n) is 49.2. The Morgan fingerprint density at radius 2 is 0.598 bits per heavy atom. The standard InChI is InChI=1S/C78H68N2O2/c1-75(2,3)51-25-31-63-57(41-51)58-42-52(76(4,5)6)26-32-64(58)79(63)55-29-23-47-37-61-67(39-49(47)35-55)81-73-69(45-19-15-13-16-20-45)70(46-21-17-14-18-22-46)74-72(71(61)73)62-38-48-24-30-56(36-50(48)40-68(62)82-74)80-65-33-27-53(77(7,8)9)43-59(65)60-44-54(78(10,11)12)28-34-66(60)80/h13-44H,1-12H3. The Labute approximate surface area is 479 Å². The number of nitrogens with zero attached hydrogens (tertiary/aromatic N) is 2. The minimum absolute atomic E-state index is 0.0175. The largest absolute Gasteiger partial charge is 0.455 e. The zero-order chi connectivity index (χ0) is 56.5. The van der Waals surface area contributed by atoms with Gasteiger partial charge in [0.1, 0.15) is 22.3 Å². The van der Waals surface area contributed by atoms with E-state index in [2.05, 4.69) is 286 Å². The third-order valence-electron chi connectivity index (χ3n) is 17.9. The molecule has 0 spiro atoms. The quantitative estimate of drug-likeness (QED) is 0.176. The summed E-state index contributed by atoms with van der Waals surface area (Å²) < 4.78 is 19.7. The van der Waals surface area contributed by atoms with Crippen molar-refractivity contribution >= 4 is 109 Å². The van der Waals surface area contributed by atoms with E-state index in [0.717, 1.165) is 99.1 Å². The van der Waals surface area contributed by atoms with Gasteiger partial charge < -0.3 is 18.0 Å². The van der Waals surface area contributed by atoms with Gasteiger partial charge in [-0.3, -0.25) is 0 Å². The number of hydrogen-bond donors (Lipinski definition) is 0. The summed E-state index contributed by atoms with van der Waals surface area (Å²) in [7, 11) is 0. The van der Waals surface area contributed by atoms with Crippen LogP contribution in [-0.4, -0.2) is 9.13 Å². The molecule has 0 unspecified atom stereocenters. The Bertz CT molecular complexity index is 4690. The fraction of sp³-hybridized carbons (Fsp3) is 0.205. The SMILES string of the molecule is CC(C)(C)c1ccc2c(c1)c1cc(C(C)(C)C)ccc1n2-c1ccc2cc3c(cc2c1)oc1c(-c2ccccc2)c(-c2ccccc2)c2oc4cc5cc(-n6c7ccc(C(C)(C)C)cc7c7cc(C(C)(C)C)ccc76)ccc5cc4c2c13. The second-order valence-corrected chi connectivity index (χ2v) is 27.5. The molecule has 0 N–H and O–H groups in total. The van der Waals surface area contributed by atoms with E-state index < -0.39 is 0 Å². The van der Waals surface area contributed by atoms with Crippen LogP contribution in [0.4, 0.5) is 0 Å². The fourth-order valence-corrected chi connectivity index (χ4v) is 13.2. The third kappa shape index (κ3) is 7.70. The molecule has 0 saturated heterocycles. The van der Waals surface area contributed by atoms with E-state index in [1.165, 1.54) is 65.9 Å². The highest BCUT2D eigenvalue weighted by Gasteiger charge is 2.29. The van der Waals surface area contributed by atoms with Gasteiger partial charge in [-0.25, -0.2) is 0 Å². The van der Waals surface area contributed by atoms with E-state index in [-0.39, 0.29) is 21.7 Å². The summed E-state index contributed by atoms with van der Waals surface area (Å²) >= 11 is 0. The first kappa shape index (κ1) is 50.1. The van der Waals surface area contributed by atoms with Crippen molar-refractivity contribution in [3.05, 3.63) is 216 Å². The van der Waals surface area contributed by atoms with Crippen molar-refractivity contribution in [2.75, 3.05) is 0 Å². The second kappa shape index (κ2) is 17.3. The zero-order valence-corrected chi connectivity index (χ0v) is 49.2. The summed E-state index contributed by atoms with van der Waals surface area (Å²) in [4.78, 5) is 0. The van der Waals surface area contributed by atoms with Crippen molar-refractivity contribution in [1.29, 1.82) is 0 Å². The van der Waals surface area contributed by atoms with Gasteiger partial charge in [-0.05, 0) is 174 Å². The van der Waals surface area contributed by atoms with E-state index in [0.29, 0.717) is 0 Å². The van der Waals surface area contributed by atoms with Crippen LogP contribution in [0.2, 0.25) is 0 Å². The van der Waals surface area contributed by atoms with Crippen LogP contribution in [0.3, 0.4) is 0 Å². The van der Waals surface area contributed by atoms with Gasteiger partial charge in [0.05, 0.1) is 22.1 Å². The first-order chi connectivity index (χ1) is 39.2. The van der Waals surface area contributed by atoms with Crippen molar-refractivity contribution in [3.8, 4) is 33.6 Å². The molecule has 15 aromatic rings. The molecule has 11 aromatic carbocycles. The summed E-state index contributed by atoms with van der Waals surface area (Å²) in [5.74, 6) is 0. The molecular formula is C78H68N2O2. The molecule has 4 heteroatoms. The van der Waals surface area contributed by atoms with Gasteiger partial charge >= 0.3 is 0 Å². The van der Waals surface area contributed by atoms with Crippen molar-refractivity contribution < 1.29 is 8.83 Å². The molecule has 0 radical (unpaired) electrons. The molecule has 4 heterocycles. The van der Waals surface area contributed by atoms with E-state index >= 15 is 0 Å². The highest BCUT2D eigenvalue weighted by atomic mass is 16.3. The Morgan fingerprint density at radius 3 is 0.902 bits per heavy atom. The molecule has 0 aliphatic carbocycles. The highest BCUT2D eigenvalue weighted by molar-refractivity contribution is 6.33. The summed E-state index contributed by atoms with van der Waals surface area (Å²) in [5.41, 5.74) is 20.0. The smallest absolute Gasteiger partial charge is 0.144 e. The third-order valence-corrected chi connectivity index (χ3v) is 17.9. The number of rotatable bonds is 4. The molecule has 0 amide bonds. The van der Waals surface area contributed by atoms with Crippen molar-refractivity contribution in [3.63, 3.8) is 0 Å². The average molecular weight is 1070 g/mol. The molecule has 402 valence electrons. The van der Waals surface area contributed by atoms with E-state index in [1.807, 2.05) is 0 Å². The van der Waals surface area contributed by atoms with Gasteiger partial charge in [0, 0.05) is 65.6 Å². The van der Waals surface area contributed by atoms with Crippen LogP contribution in [-0.2, 0) is 21.7 Å². The Kier molecular flexibility index (Phi) is 10.6. The average Bonchev–Trinajstić information content (AvgIpc) is 3.14. The molecule has 4 aromatic heterocycles. The maximum atomic E-state index is 7.41. The number of aromatic nitrogens is 2. The van der Waals surface area contributed by atoms with Crippen LogP contribution in [0.5, 0.6) is 0 Å². The molecule has 0 aliphatic heterocycles. The molecule has 0 atom stereocenters.